The van der Waals surface area contributed by atoms with Crippen LogP contribution >= 0.6 is 0 Å². The molecule has 7 atom stereocenters. The summed E-state index contributed by atoms with van der Waals surface area (Å²) in [5.74, 6) is -5.72. The van der Waals surface area contributed by atoms with Crippen LogP contribution in [0.25, 0.3) is 0 Å². The second-order valence-corrected chi connectivity index (χ2v) is 11.4. The van der Waals surface area contributed by atoms with Gasteiger partial charge in [-0.3, -0.25) is 24.0 Å². The topological polar surface area (TPSA) is 249 Å². The standard InChI is InChI=1S/C30H48N6O9/c1-6-17(4)24(28(42)36-25(18(5)38)29(43)34-22(15-37)30(44)45)35-23(39)14-32-27(41)21(12-16(2)3)33-26(40)20(31)13-19-10-8-7-9-11-19/h7-11,16-18,20-22,24-25,37-38H,6,12-15,31H2,1-5H3,(H,32,41)(H,33,40)(H,34,43)(H,35,39)(H,36,42)(H,44,45)/t17-,18+,20-,21-,22-,24-,25-/m0/s1. The van der Waals surface area contributed by atoms with Crippen LogP contribution in [-0.4, -0.2) is 100 Å². The SMILES string of the molecule is CC[C@H](C)[C@H](NC(=O)CNC(=O)[C@H](CC(C)C)NC(=O)[C@@H](N)Cc1ccccc1)C(=O)N[C@H](C(=O)N[C@@H](CO)C(=O)O)[C@@H](C)O. The van der Waals surface area contributed by atoms with Gasteiger partial charge >= 0.3 is 5.97 Å². The van der Waals surface area contributed by atoms with Crippen LogP contribution in [0, 0.1) is 11.8 Å². The molecule has 0 aliphatic carbocycles. The summed E-state index contributed by atoms with van der Waals surface area (Å²) in [6.45, 7) is 6.91. The van der Waals surface area contributed by atoms with Gasteiger partial charge in [0.1, 0.15) is 24.2 Å². The normalized spacial score (nSPS) is 15.8. The van der Waals surface area contributed by atoms with Crippen molar-refractivity contribution in [3.05, 3.63) is 35.9 Å². The van der Waals surface area contributed by atoms with Gasteiger partial charge in [-0.05, 0) is 37.2 Å². The van der Waals surface area contributed by atoms with E-state index in [9.17, 15) is 39.0 Å². The van der Waals surface area contributed by atoms with Crippen molar-refractivity contribution in [1.29, 1.82) is 0 Å². The molecule has 10 N–H and O–H groups in total. The van der Waals surface area contributed by atoms with E-state index < -0.39 is 90.9 Å². The van der Waals surface area contributed by atoms with Crippen LogP contribution in [0.3, 0.4) is 0 Å². The first-order valence-electron chi connectivity index (χ1n) is 14.9. The molecule has 0 aliphatic rings. The van der Waals surface area contributed by atoms with Crippen molar-refractivity contribution < 1.29 is 44.1 Å². The largest absolute Gasteiger partial charge is 0.480 e. The molecule has 0 bridgehead atoms. The predicted octanol–water partition coefficient (Wildman–Crippen LogP) is -1.84. The van der Waals surface area contributed by atoms with Gasteiger partial charge in [0.15, 0.2) is 0 Å². The summed E-state index contributed by atoms with van der Waals surface area (Å²) in [4.78, 5) is 75.5. The minimum atomic E-state index is -1.66. The van der Waals surface area contributed by atoms with Crippen LogP contribution in [0.1, 0.15) is 53.0 Å². The molecule has 5 amide bonds. The zero-order valence-corrected chi connectivity index (χ0v) is 26.4. The summed E-state index contributed by atoms with van der Waals surface area (Å²) in [5, 5.41) is 40.4. The second-order valence-electron chi connectivity index (χ2n) is 11.4. The zero-order chi connectivity index (χ0) is 34.3. The fourth-order valence-corrected chi connectivity index (χ4v) is 4.25. The highest BCUT2D eigenvalue weighted by Crippen LogP contribution is 2.10. The van der Waals surface area contributed by atoms with Crippen LogP contribution in [-0.2, 0) is 35.2 Å². The van der Waals surface area contributed by atoms with Gasteiger partial charge in [-0.15, -0.1) is 0 Å². The monoisotopic (exact) mass is 636 g/mol. The minimum absolute atomic E-state index is 0.0147. The summed E-state index contributed by atoms with van der Waals surface area (Å²) in [6.07, 6.45) is -0.489. The first-order chi connectivity index (χ1) is 21.1. The van der Waals surface area contributed by atoms with Gasteiger partial charge in [0.2, 0.25) is 29.5 Å². The number of aliphatic hydroxyl groups is 2. The van der Waals surface area contributed by atoms with Crippen molar-refractivity contribution >= 4 is 35.5 Å². The highest BCUT2D eigenvalue weighted by Gasteiger charge is 2.34. The van der Waals surface area contributed by atoms with E-state index in [4.69, 9.17) is 10.8 Å². The number of aliphatic carboxylic acids is 1. The Kier molecular flexibility index (Phi) is 16.7. The van der Waals surface area contributed by atoms with Crippen molar-refractivity contribution in [2.24, 2.45) is 17.6 Å². The van der Waals surface area contributed by atoms with Gasteiger partial charge in [-0.25, -0.2) is 4.79 Å². The first-order valence-corrected chi connectivity index (χ1v) is 14.9. The molecule has 0 heterocycles. The van der Waals surface area contributed by atoms with E-state index in [1.54, 1.807) is 13.8 Å². The molecule has 45 heavy (non-hydrogen) atoms. The quantitative estimate of drug-likeness (QED) is 0.0821. The van der Waals surface area contributed by atoms with Crippen molar-refractivity contribution in [3.8, 4) is 0 Å². The third kappa shape index (κ3) is 13.6. The van der Waals surface area contributed by atoms with E-state index in [0.29, 0.717) is 6.42 Å². The third-order valence-electron chi connectivity index (χ3n) is 7.07. The van der Waals surface area contributed by atoms with Crippen LogP contribution in [0.2, 0.25) is 0 Å². The summed E-state index contributed by atoms with van der Waals surface area (Å²) < 4.78 is 0. The van der Waals surface area contributed by atoms with Gasteiger partial charge in [-0.2, -0.15) is 0 Å². The summed E-state index contributed by atoms with van der Waals surface area (Å²) >= 11 is 0. The van der Waals surface area contributed by atoms with Crippen molar-refractivity contribution in [1.82, 2.24) is 26.6 Å². The van der Waals surface area contributed by atoms with Gasteiger partial charge in [-0.1, -0.05) is 64.4 Å². The van der Waals surface area contributed by atoms with Crippen molar-refractivity contribution in [2.75, 3.05) is 13.2 Å². The van der Waals surface area contributed by atoms with Gasteiger partial charge in [0.05, 0.1) is 25.3 Å². The van der Waals surface area contributed by atoms with Crippen LogP contribution in [0.15, 0.2) is 30.3 Å². The van der Waals surface area contributed by atoms with Crippen molar-refractivity contribution in [2.45, 2.75) is 90.2 Å². The van der Waals surface area contributed by atoms with Gasteiger partial charge < -0.3 is 47.6 Å². The Bertz CT molecular complexity index is 1150. The summed E-state index contributed by atoms with van der Waals surface area (Å²) in [5.41, 5.74) is 6.93. The number of benzene rings is 1. The molecule has 0 fully saturated rings. The van der Waals surface area contributed by atoms with Crippen LogP contribution < -0.4 is 32.3 Å². The lowest BCUT2D eigenvalue weighted by Crippen LogP contribution is -2.61. The lowest BCUT2D eigenvalue weighted by Gasteiger charge is -2.28. The first kappa shape index (κ1) is 38.9. The maximum Gasteiger partial charge on any atom is 0.328 e. The van der Waals surface area contributed by atoms with E-state index >= 15 is 0 Å². The van der Waals surface area contributed by atoms with Crippen LogP contribution in [0.5, 0.6) is 0 Å². The second kappa shape index (κ2) is 19.3. The number of carboxylic acid groups (broad SMARTS) is 1. The molecule has 1 aromatic rings. The lowest BCUT2D eigenvalue weighted by molar-refractivity contribution is -0.144. The Balaban J connectivity index is 2.89. The molecule has 1 aromatic carbocycles. The van der Waals surface area contributed by atoms with Gasteiger partial charge in [0.25, 0.3) is 0 Å². The highest BCUT2D eigenvalue weighted by atomic mass is 16.4. The molecule has 0 saturated heterocycles. The highest BCUT2D eigenvalue weighted by molar-refractivity contribution is 5.95. The number of carbonyl (C=O) groups is 6. The molecule has 1 rings (SSSR count). The Hall–Kier alpha value is -4.08. The molecular formula is C30H48N6O9. The number of carboxylic acids is 1. The smallest absolute Gasteiger partial charge is 0.328 e. The fourth-order valence-electron chi connectivity index (χ4n) is 4.25. The van der Waals surface area contributed by atoms with E-state index in [1.807, 2.05) is 49.5 Å². The molecule has 15 heteroatoms. The number of nitrogens with one attached hydrogen (secondary N) is 5. The Morgan fingerprint density at radius 2 is 1.38 bits per heavy atom. The Labute approximate surface area is 263 Å². The lowest BCUT2D eigenvalue weighted by atomic mass is 9.97. The number of hydrogen-bond donors (Lipinski definition) is 9. The average Bonchev–Trinajstić information content (AvgIpc) is 2.98. The molecule has 0 radical (unpaired) electrons. The molecular weight excluding hydrogens is 588 g/mol. The number of aliphatic hydroxyl groups excluding tert-OH is 2. The Morgan fingerprint density at radius 3 is 1.89 bits per heavy atom. The minimum Gasteiger partial charge on any atom is -0.480 e. The zero-order valence-electron chi connectivity index (χ0n) is 26.4. The maximum absolute atomic E-state index is 13.1. The number of hydrogen-bond acceptors (Lipinski definition) is 9. The molecule has 252 valence electrons. The number of nitrogens with two attached hydrogens (primary N) is 1. The number of rotatable bonds is 19. The van der Waals surface area contributed by atoms with E-state index in [0.717, 1.165) is 5.56 Å². The number of amides is 5. The molecule has 0 spiro atoms. The molecule has 0 aromatic heterocycles. The van der Waals surface area contributed by atoms with Crippen molar-refractivity contribution in [3.63, 3.8) is 0 Å². The van der Waals surface area contributed by atoms with Crippen LogP contribution in [0.4, 0.5) is 0 Å². The Morgan fingerprint density at radius 1 is 0.800 bits per heavy atom. The van der Waals surface area contributed by atoms with Gasteiger partial charge in [0, 0.05) is 0 Å². The van der Waals surface area contributed by atoms with E-state index in [2.05, 4.69) is 21.3 Å². The third-order valence-corrected chi connectivity index (χ3v) is 7.07. The van der Waals surface area contributed by atoms with E-state index in [1.165, 1.54) is 6.92 Å². The average molecular weight is 637 g/mol. The van der Waals surface area contributed by atoms with E-state index in [-0.39, 0.29) is 18.8 Å². The number of carbonyl (C=O) groups excluding carboxylic acids is 5. The fraction of sp³-hybridized carbons (Fsp3) is 0.600. The molecule has 0 saturated carbocycles. The predicted molar refractivity (Wildman–Crippen MR) is 164 cm³/mol. The molecule has 0 unspecified atom stereocenters. The maximum atomic E-state index is 13.1. The summed E-state index contributed by atoms with van der Waals surface area (Å²) in [6, 6.07) is 2.85. The molecule has 15 nitrogen and oxygen atoms in total. The molecule has 0 aliphatic heterocycles. The summed E-state index contributed by atoms with van der Waals surface area (Å²) in [7, 11) is 0.